The molecule has 12 rings (SSSR count). The molecule has 0 amide bonds. The van der Waals surface area contributed by atoms with Crippen molar-refractivity contribution in [2.75, 3.05) is 4.90 Å². The molecule has 2 nitrogen and oxygen atoms in total. The van der Waals surface area contributed by atoms with Gasteiger partial charge in [0.1, 0.15) is 0 Å². The summed E-state index contributed by atoms with van der Waals surface area (Å²) in [6, 6.07) is 97.0. The highest BCUT2D eigenvalue weighted by molar-refractivity contribution is 6.10. The number of benzene rings is 11. The van der Waals surface area contributed by atoms with Gasteiger partial charge in [-0.15, -0.1) is 0 Å². The van der Waals surface area contributed by atoms with Gasteiger partial charge >= 0.3 is 0 Å². The lowest BCUT2D eigenvalue weighted by Crippen LogP contribution is -2.11. The summed E-state index contributed by atoms with van der Waals surface area (Å²) in [5, 5.41) is 4.93. The second kappa shape index (κ2) is 16.8. The van der Waals surface area contributed by atoms with Crippen LogP contribution in [0.1, 0.15) is 0 Å². The summed E-state index contributed by atoms with van der Waals surface area (Å²) in [7, 11) is 0. The van der Waals surface area contributed by atoms with Gasteiger partial charge in [-0.1, -0.05) is 200 Å². The number of para-hydroxylation sites is 3. The first-order chi connectivity index (χ1) is 32.7. The fraction of sp³-hybridized carbons (Fsp3) is 0. The van der Waals surface area contributed by atoms with Crippen molar-refractivity contribution >= 4 is 49.6 Å². The average Bonchev–Trinajstić information content (AvgIpc) is 3.73. The van der Waals surface area contributed by atoms with Gasteiger partial charge in [0.25, 0.3) is 0 Å². The van der Waals surface area contributed by atoms with E-state index in [0.717, 1.165) is 39.4 Å². The van der Waals surface area contributed by atoms with Gasteiger partial charge in [-0.25, -0.2) is 0 Å². The summed E-state index contributed by atoms with van der Waals surface area (Å²) >= 11 is 0. The van der Waals surface area contributed by atoms with Crippen LogP contribution in [0.2, 0.25) is 0 Å². The maximum Gasteiger partial charge on any atom is 0.0547 e. The van der Waals surface area contributed by atoms with E-state index in [1.807, 2.05) is 0 Å². The largest absolute Gasteiger partial charge is 0.310 e. The quantitative estimate of drug-likeness (QED) is 0.141. The fourth-order valence-electron chi connectivity index (χ4n) is 9.75. The number of hydrogen-bond donors (Lipinski definition) is 0. The van der Waals surface area contributed by atoms with Crippen LogP contribution < -0.4 is 4.90 Å². The van der Waals surface area contributed by atoms with Crippen molar-refractivity contribution in [1.82, 2.24) is 4.57 Å². The van der Waals surface area contributed by atoms with E-state index in [0.29, 0.717) is 0 Å². The molecule has 0 bridgehead atoms. The van der Waals surface area contributed by atoms with Crippen LogP contribution in [0.25, 0.3) is 93.9 Å². The molecule has 0 unspecified atom stereocenters. The molecule has 0 atom stereocenters. The van der Waals surface area contributed by atoms with E-state index < -0.39 is 0 Å². The van der Waals surface area contributed by atoms with Crippen molar-refractivity contribution in [3.63, 3.8) is 0 Å². The molecule has 0 saturated heterocycles. The molecular weight excluding hydrogens is 797 g/mol. The molecule has 66 heavy (non-hydrogen) atoms. The third-order valence-corrected chi connectivity index (χ3v) is 13.0. The van der Waals surface area contributed by atoms with E-state index in [1.165, 1.54) is 71.5 Å². The SMILES string of the molecule is c1ccc(-c2ccc(N(c3ccc(-c4ccccc4)cc3)c3ccccc3-c3ccc(-c4ccc5c6ccccc6n(-c6ccccc6)c5c4)cc3-c3ccc4ccccc4c3)cc2)cc1. The Kier molecular flexibility index (Phi) is 9.89. The van der Waals surface area contributed by atoms with Gasteiger partial charge in [-0.05, 0) is 128 Å². The molecule has 0 aliphatic rings. The number of anilines is 3. The van der Waals surface area contributed by atoms with E-state index in [1.54, 1.807) is 0 Å². The van der Waals surface area contributed by atoms with Crippen LogP contribution in [0, 0.1) is 0 Å². The lowest BCUT2D eigenvalue weighted by atomic mass is 9.89. The first-order valence-corrected chi connectivity index (χ1v) is 22.7. The maximum absolute atomic E-state index is 2.41. The minimum Gasteiger partial charge on any atom is -0.310 e. The zero-order valence-corrected chi connectivity index (χ0v) is 36.3. The van der Waals surface area contributed by atoms with Gasteiger partial charge in [-0.3, -0.25) is 0 Å². The Labute approximate surface area is 385 Å². The van der Waals surface area contributed by atoms with Crippen LogP contribution in [-0.4, -0.2) is 4.57 Å². The van der Waals surface area contributed by atoms with Crippen molar-refractivity contribution in [2.45, 2.75) is 0 Å². The van der Waals surface area contributed by atoms with Crippen molar-refractivity contribution in [3.05, 3.63) is 267 Å². The lowest BCUT2D eigenvalue weighted by Gasteiger charge is -2.29. The molecular formula is C64H44N2. The standard InChI is InChI=1S/C64H44N2/c1-4-16-45(17-5-1)48-30-36-55(37-31-48)65(56-38-32-49(33-39-56)46-18-6-2-7-19-46)62-26-14-12-24-58(62)57-40-34-51(43-61(57)53-29-28-47-20-10-11-21-50(47)42-53)52-35-41-60-59-25-13-15-27-63(59)66(64(60)44-52)54-22-8-3-9-23-54/h1-44H. The Bertz CT molecular complexity index is 3580. The number of fused-ring (bicyclic) bond motifs is 4. The summed E-state index contributed by atoms with van der Waals surface area (Å²) in [4.78, 5) is 2.41. The summed E-state index contributed by atoms with van der Waals surface area (Å²) in [5.74, 6) is 0. The molecule has 11 aromatic carbocycles. The molecule has 0 N–H and O–H groups in total. The molecule has 2 heteroatoms. The van der Waals surface area contributed by atoms with Crippen LogP contribution in [0.4, 0.5) is 17.1 Å². The molecule has 1 heterocycles. The van der Waals surface area contributed by atoms with Crippen LogP contribution in [-0.2, 0) is 0 Å². The summed E-state index contributed by atoms with van der Waals surface area (Å²) < 4.78 is 2.40. The molecule has 0 radical (unpaired) electrons. The Balaban J connectivity index is 1.04. The molecule has 0 saturated carbocycles. The Morgan fingerprint density at radius 2 is 0.758 bits per heavy atom. The zero-order valence-electron chi connectivity index (χ0n) is 36.3. The Hall–Kier alpha value is -8.72. The number of nitrogens with zero attached hydrogens (tertiary/aromatic N) is 2. The number of hydrogen-bond acceptors (Lipinski definition) is 1. The molecule has 1 aromatic heterocycles. The number of rotatable bonds is 9. The minimum absolute atomic E-state index is 1.08. The minimum atomic E-state index is 1.08. The summed E-state index contributed by atoms with van der Waals surface area (Å²) in [6.45, 7) is 0. The molecule has 0 spiro atoms. The highest BCUT2D eigenvalue weighted by atomic mass is 15.1. The van der Waals surface area contributed by atoms with Gasteiger partial charge in [0.2, 0.25) is 0 Å². The van der Waals surface area contributed by atoms with Gasteiger partial charge in [0.05, 0.1) is 16.7 Å². The smallest absolute Gasteiger partial charge is 0.0547 e. The third kappa shape index (κ3) is 7.12. The molecule has 0 aliphatic heterocycles. The second-order valence-corrected chi connectivity index (χ2v) is 16.9. The molecule has 310 valence electrons. The van der Waals surface area contributed by atoms with E-state index in [9.17, 15) is 0 Å². The van der Waals surface area contributed by atoms with Crippen molar-refractivity contribution in [2.24, 2.45) is 0 Å². The van der Waals surface area contributed by atoms with Crippen LogP contribution in [0.3, 0.4) is 0 Å². The summed E-state index contributed by atoms with van der Waals surface area (Å²) in [6.07, 6.45) is 0. The molecule has 12 aromatic rings. The number of aromatic nitrogens is 1. The van der Waals surface area contributed by atoms with Gasteiger partial charge < -0.3 is 9.47 Å². The van der Waals surface area contributed by atoms with Gasteiger partial charge in [0, 0.05) is 33.4 Å². The third-order valence-electron chi connectivity index (χ3n) is 13.0. The van der Waals surface area contributed by atoms with Crippen LogP contribution in [0.5, 0.6) is 0 Å². The van der Waals surface area contributed by atoms with E-state index in [2.05, 4.69) is 276 Å². The first kappa shape index (κ1) is 38.9. The maximum atomic E-state index is 2.41. The lowest BCUT2D eigenvalue weighted by molar-refractivity contribution is 1.18. The molecule has 0 fully saturated rings. The van der Waals surface area contributed by atoms with E-state index in [4.69, 9.17) is 0 Å². The fourth-order valence-corrected chi connectivity index (χ4v) is 9.75. The van der Waals surface area contributed by atoms with Crippen LogP contribution >= 0.6 is 0 Å². The van der Waals surface area contributed by atoms with E-state index >= 15 is 0 Å². The first-order valence-electron chi connectivity index (χ1n) is 22.7. The highest BCUT2D eigenvalue weighted by Crippen LogP contribution is 2.46. The topological polar surface area (TPSA) is 8.17 Å². The Morgan fingerprint density at radius 3 is 1.45 bits per heavy atom. The Morgan fingerprint density at radius 1 is 0.258 bits per heavy atom. The predicted molar refractivity (Wildman–Crippen MR) is 280 cm³/mol. The zero-order chi connectivity index (χ0) is 43.8. The van der Waals surface area contributed by atoms with Crippen molar-refractivity contribution in [3.8, 4) is 61.3 Å². The molecule has 0 aliphatic carbocycles. The van der Waals surface area contributed by atoms with E-state index in [-0.39, 0.29) is 0 Å². The monoisotopic (exact) mass is 840 g/mol. The van der Waals surface area contributed by atoms with Crippen LogP contribution in [0.15, 0.2) is 267 Å². The predicted octanol–water partition coefficient (Wildman–Crippen LogP) is 17.7. The van der Waals surface area contributed by atoms with Gasteiger partial charge in [0.15, 0.2) is 0 Å². The highest BCUT2D eigenvalue weighted by Gasteiger charge is 2.21. The normalized spacial score (nSPS) is 11.3. The van der Waals surface area contributed by atoms with Crippen molar-refractivity contribution < 1.29 is 0 Å². The summed E-state index contributed by atoms with van der Waals surface area (Å²) in [5.41, 5.74) is 18.6. The second-order valence-electron chi connectivity index (χ2n) is 16.9. The average molecular weight is 841 g/mol. The van der Waals surface area contributed by atoms with Crippen molar-refractivity contribution in [1.29, 1.82) is 0 Å². The van der Waals surface area contributed by atoms with Gasteiger partial charge in [-0.2, -0.15) is 0 Å².